The summed E-state index contributed by atoms with van der Waals surface area (Å²) in [5, 5.41) is 4.57. The van der Waals surface area contributed by atoms with Crippen molar-refractivity contribution in [1.29, 1.82) is 0 Å². The number of hydrogen-bond donors (Lipinski definition) is 1. The predicted molar refractivity (Wildman–Crippen MR) is 78.3 cm³/mol. The monoisotopic (exact) mass is 267 g/mol. The molecule has 0 unspecified atom stereocenters. The molecule has 1 N–H and O–H groups in total. The fraction of sp³-hybridized carbons (Fsp3) is 0.786. The summed E-state index contributed by atoms with van der Waals surface area (Å²) >= 11 is 1.90. The molecule has 2 rings (SSSR count). The van der Waals surface area contributed by atoms with Crippen LogP contribution in [0.2, 0.25) is 0 Å². The van der Waals surface area contributed by atoms with Crippen molar-refractivity contribution in [3.8, 4) is 0 Å². The zero-order valence-electron chi connectivity index (χ0n) is 11.8. The van der Waals surface area contributed by atoms with Crippen molar-refractivity contribution < 1.29 is 0 Å². The van der Waals surface area contributed by atoms with Crippen molar-refractivity contribution in [2.45, 2.75) is 45.6 Å². The molecule has 1 fully saturated rings. The molecular weight excluding hydrogens is 242 g/mol. The molecule has 1 aromatic rings. The summed E-state index contributed by atoms with van der Waals surface area (Å²) < 4.78 is 0. The Balaban J connectivity index is 1.96. The molecule has 0 aliphatic carbocycles. The van der Waals surface area contributed by atoms with Gasteiger partial charge in [-0.2, -0.15) is 0 Å². The Morgan fingerprint density at radius 2 is 2.06 bits per heavy atom. The highest BCUT2D eigenvalue weighted by Gasteiger charge is 2.15. The van der Waals surface area contributed by atoms with E-state index in [0.29, 0.717) is 5.92 Å². The summed E-state index contributed by atoms with van der Waals surface area (Å²) in [7, 11) is 2.01. The summed E-state index contributed by atoms with van der Waals surface area (Å²) in [6.45, 7) is 9.17. The van der Waals surface area contributed by atoms with E-state index in [9.17, 15) is 0 Å². The van der Waals surface area contributed by atoms with Crippen molar-refractivity contribution in [2.24, 2.45) is 0 Å². The summed E-state index contributed by atoms with van der Waals surface area (Å²) in [6, 6.07) is 0. The summed E-state index contributed by atoms with van der Waals surface area (Å²) in [5.41, 5.74) is 1.30. The second-order valence-corrected chi connectivity index (χ2v) is 6.57. The highest BCUT2D eigenvalue weighted by Crippen LogP contribution is 2.25. The largest absolute Gasteiger partial charge is 0.315 e. The van der Waals surface area contributed by atoms with Crippen LogP contribution >= 0.6 is 11.3 Å². The first kappa shape index (κ1) is 14.0. The van der Waals surface area contributed by atoms with Gasteiger partial charge >= 0.3 is 0 Å². The molecule has 0 bridgehead atoms. The SMILES string of the molecule is CNCc1sc(CCN2CCCC2)nc1C(C)C. The summed E-state index contributed by atoms with van der Waals surface area (Å²) in [5.74, 6) is 0.533. The first-order valence-corrected chi connectivity index (χ1v) is 7.87. The lowest BCUT2D eigenvalue weighted by molar-refractivity contribution is 0.343. The van der Waals surface area contributed by atoms with E-state index in [1.807, 2.05) is 18.4 Å². The third kappa shape index (κ3) is 3.53. The van der Waals surface area contributed by atoms with Gasteiger partial charge in [-0.05, 0) is 38.9 Å². The predicted octanol–water partition coefficient (Wildman–Crippen LogP) is 2.62. The first-order chi connectivity index (χ1) is 8.70. The average Bonchev–Trinajstić information content (AvgIpc) is 2.95. The van der Waals surface area contributed by atoms with Crippen LogP contribution in [0.3, 0.4) is 0 Å². The van der Waals surface area contributed by atoms with Crippen LogP contribution in [0.4, 0.5) is 0 Å². The van der Waals surface area contributed by atoms with E-state index in [1.165, 1.54) is 48.1 Å². The number of thiazole rings is 1. The van der Waals surface area contributed by atoms with Gasteiger partial charge in [0.05, 0.1) is 10.7 Å². The Morgan fingerprint density at radius 1 is 1.33 bits per heavy atom. The van der Waals surface area contributed by atoms with Crippen LogP contribution in [0.5, 0.6) is 0 Å². The minimum atomic E-state index is 0.533. The Kier molecular flexibility index (Phi) is 5.15. The normalized spacial score (nSPS) is 16.9. The zero-order chi connectivity index (χ0) is 13.0. The first-order valence-electron chi connectivity index (χ1n) is 7.06. The highest BCUT2D eigenvalue weighted by molar-refractivity contribution is 7.11. The van der Waals surface area contributed by atoms with Crippen LogP contribution in [-0.4, -0.2) is 36.6 Å². The molecule has 2 heterocycles. The van der Waals surface area contributed by atoms with Gasteiger partial charge in [0.1, 0.15) is 0 Å². The molecule has 18 heavy (non-hydrogen) atoms. The molecule has 0 radical (unpaired) electrons. The van der Waals surface area contributed by atoms with Crippen LogP contribution < -0.4 is 5.32 Å². The smallest absolute Gasteiger partial charge is 0.0944 e. The van der Waals surface area contributed by atoms with Gasteiger partial charge in [-0.1, -0.05) is 13.8 Å². The fourth-order valence-corrected chi connectivity index (χ4v) is 3.74. The van der Waals surface area contributed by atoms with Crippen LogP contribution in [0, 0.1) is 0 Å². The number of nitrogens with one attached hydrogen (secondary N) is 1. The Labute approximate surface area is 115 Å². The maximum absolute atomic E-state index is 4.84. The van der Waals surface area contributed by atoms with Gasteiger partial charge in [0.25, 0.3) is 0 Å². The lowest BCUT2D eigenvalue weighted by Crippen LogP contribution is -2.21. The molecule has 102 valence electrons. The number of likely N-dealkylation sites (tertiary alicyclic amines) is 1. The third-order valence-electron chi connectivity index (χ3n) is 3.50. The van der Waals surface area contributed by atoms with Crippen LogP contribution in [0.15, 0.2) is 0 Å². The standard InChI is InChI=1S/C14H25N3S/c1-11(2)14-12(10-15-3)18-13(16-14)6-9-17-7-4-5-8-17/h11,15H,4-10H2,1-3H3. The minimum absolute atomic E-state index is 0.533. The molecule has 1 saturated heterocycles. The average molecular weight is 267 g/mol. The Morgan fingerprint density at radius 3 is 2.67 bits per heavy atom. The van der Waals surface area contributed by atoms with E-state index in [-0.39, 0.29) is 0 Å². The Bertz CT molecular complexity index is 367. The summed E-state index contributed by atoms with van der Waals surface area (Å²) in [6.07, 6.45) is 3.87. The molecule has 0 spiro atoms. The molecule has 0 atom stereocenters. The lowest BCUT2D eigenvalue weighted by Gasteiger charge is -2.12. The van der Waals surface area contributed by atoms with Crippen molar-refractivity contribution in [3.05, 3.63) is 15.6 Å². The van der Waals surface area contributed by atoms with Gasteiger partial charge in [0.15, 0.2) is 0 Å². The number of hydrogen-bond acceptors (Lipinski definition) is 4. The highest BCUT2D eigenvalue weighted by atomic mass is 32.1. The van der Waals surface area contributed by atoms with E-state index in [4.69, 9.17) is 4.98 Å². The quantitative estimate of drug-likeness (QED) is 0.859. The molecular formula is C14H25N3S. The molecule has 4 heteroatoms. The van der Waals surface area contributed by atoms with E-state index < -0.39 is 0 Å². The molecule has 0 amide bonds. The number of aromatic nitrogens is 1. The van der Waals surface area contributed by atoms with E-state index >= 15 is 0 Å². The molecule has 1 aliphatic rings. The van der Waals surface area contributed by atoms with Crippen LogP contribution in [-0.2, 0) is 13.0 Å². The van der Waals surface area contributed by atoms with Crippen LogP contribution in [0.1, 0.15) is 48.2 Å². The van der Waals surface area contributed by atoms with E-state index in [0.717, 1.165) is 13.0 Å². The summed E-state index contributed by atoms with van der Waals surface area (Å²) in [4.78, 5) is 8.83. The second kappa shape index (κ2) is 6.64. The van der Waals surface area contributed by atoms with Gasteiger partial charge in [0, 0.05) is 24.4 Å². The molecule has 3 nitrogen and oxygen atoms in total. The van der Waals surface area contributed by atoms with Crippen molar-refractivity contribution >= 4 is 11.3 Å². The molecule has 1 aliphatic heterocycles. The lowest BCUT2D eigenvalue weighted by atomic mass is 10.1. The van der Waals surface area contributed by atoms with Gasteiger partial charge in [0.2, 0.25) is 0 Å². The molecule has 1 aromatic heterocycles. The Hall–Kier alpha value is -0.450. The maximum Gasteiger partial charge on any atom is 0.0944 e. The number of rotatable bonds is 6. The van der Waals surface area contributed by atoms with Gasteiger partial charge in [-0.3, -0.25) is 0 Å². The molecule has 0 saturated carbocycles. The van der Waals surface area contributed by atoms with Crippen molar-refractivity contribution in [3.63, 3.8) is 0 Å². The van der Waals surface area contributed by atoms with Gasteiger partial charge in [-0.25, -0.2) is 4.98 Å². The fourth-order valence-electron chi connectivity index (χ4n) is 2.52. The number of nitrogens with zero attached hydrogens (tertiary/aromatic N) is 2. The molecule has 0 aromatic carbocycles. The minimum Gasteiger partial charge on any atom is -0.315 e. The third-order valence-corrected chi connectivity index (χ3v) is 4.63. The second-order valence-electron chi connectivity index (χ2n) is 5.40. The maximum atomic E-state index is 4.84. The van der Waals surface area contributed by atoms with Gasteiger partial charge in [-0.15, -0.1) is 11.3 Å². The van der Waals surface area contributed by atoms with E-state index in [1.54, 1.807) is 0 Å². The zero-order valence-corrected chi connectivity index (χ0v) is 12.6. The van der Waals surface area contributed by atoms with E-state index in [2.05, 4.69) is 24.1 Å². The topological polar surface area (TPSA) is 28.2 Å². The van der Waals surface area contributed by atoms with Crippen LogP contribution in [0.25, 0.3) is 0 Å². The van der Waals surface area contributed by atoms with Crippen molar-refractivity contribution in [2.75, 3.05) is 26.7 Å². The van der Waals surface area contributed by atoms with Crippen molar-refractivity contribution in [1.82, 2.24) is 15.2 Å². The van der Waals surface area contributed by atoms with Gasteiger partial charge < -0.3 is 10.2 Å².